The van der Waals surface area contributed by atoms with E-state index in [2.05, 4.69) is 47.6 Å². The maximum atomic E-state index is 13.1. The van der Waals surface area contributed by atoms with Gasteiger partial charge in [-0.2, -0.15) is 5.10 Å². The van der Waals surface area contributed by atoms with Gasteiger partial charge in [-0.15, -0.1) is 0 Å². The van der Waals surface area contributed by atoms with Crippen molar-refractivity contribution in [2.24, 2.45) is 11.3 Å². The number of benzene rings is 2. The molecule has 0 spiro atoms. The second kappa shape index (κ2) is 9.23. The average Bonchev–Trinajstić information content (AvgIpc) is 3.47. The van der Waals surface area contributed by atoms with Crippen LogP contribution in [0.4, 0.5) is 0 Å². The van der Waals surface area contributed by atoms with Gasteiger partial charge in [0, 0.05) is 11.8 Å². The molecule has 3 unspecified atom stereocenters. The molecule has 1 N–H and O–H groups in total. The van der Waals surface area contributed by atoms with Crippen molar-refractivity contribution in [3.8, 4) is 5.69 Å². The molecule has 2 aliphatic carbocycles. The number of nitrogens with zero attached hydrogens (tertiary/aromatic N) is 3. The standard InChI is InChI=1S/C31H30N4O/c1-31-19-24-20-33-35(27-13-8-16-32-21-27)29(24)18-26(31)15-14-25(31)17-28(22-9-4-2-5-10-22)34-30(36)23-11-6-3-7-12-23/h2-13,16,18,20-21,25,28H,14-15,17,19H2,1H3,(H,34,36). The highest BCUT2D eigenvalue weighted by molar-refractivity contribution is 5.94. The van der Waals surface area contributed by atoms with Gasteiger partial charge in [0.1, 0.15) is 0 Å². The van der Waals surface area contributed by atoms with Crippen molar-refractivity contribution in [1.29, 1.82) is 0 Å². The number of carbonyl (C=O) groups is 1. The molecule has 6 rings (SSSR count). The second-order valence-electron chi connectivity index (χ2n) is 10.2. The molecule has 36 heavy (non-hydrogen) atoms. The van der Waals surface area contributed by atoms with Gasteiger partial charge < -0.3 is 5.32 Å². The Hall–Kier alpha value is -3.99. The van der Waals surface area contributed by atoms with E-state index in [0.29, 0.717) is 11.5 Å². The minimum atomic E-state index is -0.0420. The first-order valence-corrected chi connectivity index (χ1v) is 12.7. The minimum Gasteiger partial charge on any atom is -0.345 e. The third kappa shape index (κ3) is 4.05. The summed E-state index contributed by atoms with van der Waals surface area (Å²) in [5.74, 6) is 0.437. The van der Waals surface area contributed by atoms with Gasteiger partial charge in [0.15, 0.2) is 0 Å². The number of hydrogen-bond acceptors (Lipinski definition) is 3. The molecule has 0 aliphatic heterocycles. The number of aromatic nitrogens is 3. The summed E-state index contributed by atoms with van der Waals surface area (Å²) in [5, 5.41) is 8.06. The van der Waals surface area contributed by atoms with Crippen LogP contribution in [0.2, 0.25) is 0 Å². The highest BCUT2D eigenvalue weighted by Crippen LogP contribution is 2.55. The summed E-state index contributed by atoms with van der Waals surface area (Å²) in [5.41, 5.74) is 6.84. The summed E-state index contributed by atoms with van der Waals surface area (Å²) in [6.07, 6.45) is 12.1. The lowest BCUT2D eigenvalue weighted by Crippen LogP contribution is -2.34. The van der Waals surface area contributed by atoms with Crippen LogP contribution in [0, 0.1) is 11.3 Å². The Kier molecular flexibility index (Phi) is 5.76. The Morgan fingerprint density at radius 3 is 2.58 bits per heavy atom. The number of hydrogen-bond donors (Lipinski definition) is 1. The molecule has 2 heterocycles. The van der Waals surface area contributed by atoms with Crippen LogP contribution in [0.5, 0.6) is 0 Å². The van der Waals surface area contributed by atoms with E-state index in [1.165, 1.54) is 16.8 Å². The number of carbonyl (C=O) groups excluding carboxylic acids is 1. The van der Waals surface area contributed by atoms with Gasteiger partial charge in [-0.05, 0) is 78.5 Å². The lowest BCUT2D eigenvalue weighted by molar-refractivity contribution is 0.0923. The van der Waals surface area contributed by atoms with E-state index in [1.807, 2.05) is 65.6 Å². The molecule has 2 aromatic carbocycles. The lowest BCUT2D eigenvalue weighted by atomic mass is 9.68. The maximum absolute atomic E-state index is 13.1. The van der Waals surface area contributed by atoms with E-state index < -0.39 is 0 Å². The van der Waals surface area contributed by atoms with Gasteiger partial charge in [-0.3, -0.25) is 9.78 Å². The third-order valence-corrected chi connectivity index (χ3v) is 8.11. The normalized spacial score (nSPS) is 21.2. The molecule has 4 aromatic rings. The first-order valence-electron chi connectivity index (χ1n) is 12.7. The van der Waals surface area contributed by atoms with Crippen molar-refractivity contribution >= 4 is 12.0 Å². The van der Waals surface area contributed by atoms with Crippen molar-refractivity contribution < 1.29 is 4.79 Å². The highest BCUT2D eigenvalue weighted by atomic mass is 16.1. The number of allylic oxidation sites excluding steroid dienone is 1. The largest absolute Gasteiger partial charge is 0.345 e. The number of rotatable bonds is 6. The molecular formula is C31H30N4O. The van der Waals surface area contributed by atoms with E-state index in [1.54, 1.807) is 6.20 Å². The van der Waals surface area contributed by atoms with Gasteiger partial charge in [0.05, 0.1) is 29.8 Å². The molecule has 0 saturated heterocycles. The van der Waals surface area contributed by atoms with Gasteiger partial charge in [-0.25, -0.2) is 4.68 Å². The van der Waals surface area contributed by atoms with Crippen LogP contribution in [0.25, 0.3) is 11.8 Å². The van der Waals surface area contributed by atoms with Gasteiger partial charge >= 0.3 is 0 Å². The summed E-state index contributed by atoms with van der Waals surface area (Å²) in [6, 6.07) is 23.8. The molecule has 0 radical (unpaired) electrons. The van der Waals surface area contributed by atoms with Gasteiger partial charge in [-0.1, -0.05) is 61.0 Å². The summed E-state index contributed by atoms with van der Waals surface area (Å²) < 4.78 is 2.01. The molecule has 5 nitrogen and oxygen atoms in total. The molecule has 2 aliphatic rings. The fraction of sp³-hybridized carbons (Fsp3) is 0.258. The topological polar surface area (TPSA) is 59.8 Å². The lowest BCUT2D eigenvalue weighted by Gasteiger charge is -2.37. The smallest absolute Gasteiger partial charge is 0.251 e. The summed E-state index contributed by atoms with van der Waals surface area (Å²) >= 11 is 0. The molecule has 1 fully saturated rings. The molecule has 2 aromatic heterocycles. The quantitative estimate of drug-likeness (QED) is 0.363. The van der Waals surface area contributed by atoms with E-state index in [4.69, 9.17) is 5.10 Å². The van der Waals surface area contributed by atoms with Crippen LogP contribution >= 0.6 is 0 Å². The van der Waals surface area contributed by atoms with Crippen LogP contribution in [-0.2, 0) is 6.42 Å². The Labute approximate surface area is 211 Å². The second-order valence-corrected chi connectivity index (χ2v) is 10.2. The van der Waals surface area contributed by atoms with Crippen molar-refractivity contribution in [2.45, 2.75) is 38.6 Å². The van der Waals surface area contributed by atoms with E-state index in [0.717, 1.165) is 36.9 Å². The van der Waals surface area contributed by atoms with Crippen molar-refractivity contribution in [3.63, 3.8) is 0 Å². The fourth-order valence-electron chi connectivity index (χ4n) is 6.08. The predicted octanol–water partition coefficient (Wildman–Crippen LogP) is 6.18. The number of amides is 1. The molecule has 180 valence electrons. The van der Waals surface area contributed by atoms with Crippen LogP contribution in [-0.4, -0.2) is 20.7 Å². The van der Waals surface area contributed by atoms with E-state index in [-0.39, 0.29) is 17.4 Å². The Morgan fingerprint density at radius 1 is 1.06 bits per heavy atom. The summed E-state index contributed by atoms with van der Waals surface area (Å²) in [4.78, 5) is 17.4. The highest BCUT2D eigenvalue weighted by Gasteiger charge is 2.46. The predicted molar refractivity (Wildman–Crippen MR) is 142 cm³/mol. The van der Waals surface area contributed by atoms with Crippen molar-refractivity contribution in [3.05, 3.63) is 119 Å². The van der Waals surface area contributed by atoms with Crippen LogP contribution in [0.3, 0.4) is 0 Å². The molecule has 0 bridgehead atoms. The molecule has 1 saturated carbocycles. The van der Waals surface area contributed by atoms with E-state index in [9.17, 15) is 4.79 Å². The molecular weight excluding hydrogens is 444 g/mol. The van der Waals surface area contributed by atoms with Crippen molar-refractivity contribution in [1.82, 2.24) is 20.1 Å². The first-order chi connectivity index (χ1) is 17.6. The minimum absolute atomic E-state index is 0.0213. The Bertz CT molecular complexity index is 1390. The van der Waals surface area contributed by atoms with Gasteiger partial charge in [0.2, 0.25) is 0 Å². The third-order valence-electron chi connectivity index (χ3n) is 8.11. The maximum Gasteiger partial charge on any atom is 0.251 e. The van der Waals surface area contributed by atoms with Crippen LogP contribution in [0.15, 0.2) is 97.0 Å². The zero-order valence-corrected chi connectivity index (χ0v) is 20.5. The number of nitrogens with one attached hydrogen (secondary N) is 1. The molecule has 3 atom stereocenters. The Balaban J connectivity index is 1.28. The zero-order valence-electron chi connectivity index (χ0n) is 20.5. The fourth-order valence-corrected chi connectivity index (χ4v) is 6.08. The van der Waals surface area contributed by atoms with Crippen LogP contribution in [0.1, 0.15) is 59.4 Å². The van der Waals surface area contributed by atoms with Crippen molar-refractivity contribution in [2.75, 3.05) is 0 Å². The zero-order chi connectivity index (χ0) is 24.5. The molecule has 1 amide bonds. The monoisotopic (exact) mass is 474 g/mol. The summed E-state index contributed by atoms with van der Waals surface area (Å²) in [6.45, 7) is 2.40. The number of fused-ring (bicyclic) bond motifs is 2. The molecule has 5 heteroatoms. The number of pyridine rings is 1. The van der Waals surface area contributed by atoms with Crippen LogP contribution < -0.4 is 5.32 Å². The van der Waals surface area contributed by atoms with Gasteiger partial charge in [0.25, 0.3) is 5.91 Å². The Morgan fingerprint density at radius 2 is 1.83 bits per heavy atom. The SMILES string of the molecule is CC12Cc3cnn(-c4cccnc4)c3C=C1CCC2CC(NC(=O)c1ccccc1)c1ccccc1. The summed E-state index contributed by atoms with van der Waals surface area (Å²) in [7, 11) is 0. The average molecular weight is 475 g/mol. The van der Waals surface area contributed by atoms with E-state index >= 15 is 0 Å². The first kappa shape index (κ1) is 22.5.